The predicted molar refractivity (Wildman–Crippen MR) is 83.7 cm³/mol. The van der Waals surface area contributed by atoms with Crippen LogP contribution in [0.25, 0.3) is 0 Å². The molecule has 1 aromatic rings. The molecule has 0 spiro atoms. The molecule has 2 saturated heterocycles. The molecule has 0 radical (unpaired) electrons. The van der Waals surface area contributed by atoms with E-state index in [4.69, 9.17) is 0 Å². The Morgan fingerprint density at radius 2 is 2.14 bits per heavy atom. The van der Waals surface area contributed by atoms with Crippen LogP contribution in [0.3, 0.4) is 0 Å². The number of hydrogen-bond donors (Lipinski definition) is 2. The SMILES string of the molecule is O=C(c1cccs1)N1CCC(N2CCNC[C@H](O)C2)CC1. The van der Waals surface area contributed by atoms with E-state index in [2.05, 4.69) is 10.2 Å². The highest BCUT2D eigenvalue weighted by molar-refractivity contribution is 7.12. The van der Waals surface area contributed by atoms with Crippen LogP contribution in [-0.4, -0.2) is 72.2 Å². The molecule has 1 atom stereocenters. The van der Waals surface area contributed by atoms with Gasteiger partial charge in [-0.05, 0) is 24.3 Å². The lowest BCUT2D eigenvalue weighted by Crippen LogP contribution is -2.48. The number of likely N-dealkylation sites (tertiary alicyclic amines) is 1. The lowest BCUT2D eigenvalue weighted by molar-refractivity contribution is 0.0543. The third-order valence-electron chi connectivity index (χ3n) is 4.40. The lowest BCUT2D eigenvalue weighted by Gasteiger charge is -2.38. The van der Waals surface area contributed by atoms with E-state index in [1.807, 2.05) is 22.4 Å². The van der Waals surface area contributed by atoms with Gasteiger partial charge in [0.05, 0.1) is 11.0 Å². The van der Waals surface area contributed by atoms with Gasteiger partial charge in [-0.15, -0.1) is 11.3 Å². The van der Waals surface area contributed by atoms with Crippen molar-refractivity contribution in [2.24, 2.45) is 0 Å². The number of hydrogen-bond acceptors (Lipinski definition) is 5. The highest BCUT2D eigenvalue weighted by Gasteiger charge is 2.29. The molecule has 1 aromatic heterocycles. The lowest BCUT2D eigenvalue weighted by atomic mass is 10.0. The number of piperidine rings is 1. The largest absolute Gasteiger partial charge is 0.390 e. The van der Waals surface area contributed by atoms with E-state index in [1.165, 1.54) is 11.3 Å². The van der Waals surface area contributed by atoms with Crippen molar-refractivity contribution < 1.29 is 9.90 Å². The topological polar surface area (TPSA) is 55.8 Å². The first kappa shape index (κ1) is 15.0. The molecular formula is C15H23N3O2S. The van der Waals surface area contributed by atoms with Crippen molar-refractivity contribution in [3.05, 3.63) is 22.4 Å². The summed E-state index contributed by atoms with van der Waals surface area (Å²) in [6, 6.07) is 4.32. The fourth-order valence-electron chi connectivity index (χ4n) is 3.24. The number of rotatable bonds is 2. The van der Waals surface area contributed by atoms with E-state index in [1.54, 1.807) is 0 Å². The maximum absolute atomic E-state index is 12.3. The Hall–Kier alpha value is -0.950. The van der Waals surface area contributed by atoms with Crippen molar-refractivity contribution in [2.75, 3.05) is 39.3 Å². The second kappa shape index (κ2) is 6.87. The Kier molecular flexibility index (Phi) is 4.90. The first-order valence-corrected chi connectivity index (χ1v) is 8.57. The number of nitrogens with zero attached hydrogens (tertiary/aromatic N) is 2. The van der Waals surface area contributed by atoms with Gasteiger partial charge in [0.2, 0.25) is 0 Å². The monoisotopic (exact) mass is 309 g/mol. The van der Waals surface area contributed by atoms with Gasteiger partial charge in [-0.3, -0.25) is 9.69 Å². The zero-order valence-electron chi connectivity index (χ0n) is 12.2. The van der Waals surface area contributed by atoms with Gasteiger partial charge < -0.3 is 15.3 Å². The number of β-amino-alcohol motifs (C(OH)–C–C–N with tert-alkyl or cyclic N) is 1. The summed E-state index contributed by atoms with van der Waals surface area (Å²) < 4.78 is 0. The van der Waals surface area contributed by atoms with Crippen molar-refractivity contribution in [1.82, 2.24) is 15.1 Å². The van der Waals surface area contributed by atoms with Crippen LogP contribution in [-0.2, 0) is 0 Å². The standard InChI is InChI=1S/C15H23N3O2S/c19-13-10-16-5-8-18(11-13)12-3-6-17(7-4-12)15(20)14-2-1-9-21-14/h1-2,9,12-13,16,19H,3-8,10-11H2/t13-/m0/s1. The molecule has 3 heterocycles. The van der Waals surface area contributed by atoms with Gasteiger partial charge in [0.1, 0.15) is 0 Å². The molecule has 0 bridgehead atoms. The Bertz CT molecular complexity index is 457. The third kappa shape index (κ3) is 3.63. The number of carbonyl (C=O) groups excluding carboxylic acids is 1. The smallest absolute Gasteiger partial charge is 0.263 e. The molecule has 0 aliphatic carbocycles. The van der Waals surface area contributed by atoms with Crippen molar-refractivity contribution in [3.63, 3.8) is 0 Å². The Morgan fingerprint density at radius 3 is 2.86 bits per heavy atom. The van der Waals surface area contributed by atoms with E-state index in [9.17, 15) is 9.90 Å². The fraction of sp³-hybridized carbons (Fsp3) is 0.667. The highest BCUT2D eigenvalue weighted by Crippen LogP contribution is 2.20. The minimum Gasteiger partial charge on any atom is -0.390 e. The summed E-state index contributed by atoms with van der Waals surface area (Å²) in [5.41, 5.74) is 0. The molecule has 116 valence electrons. The molecule has 3 rings (SSSR count). The van der Waals surface area contributed by atoms with Gasteiger partial charge in [-0.25, -0.2) is 0 Å². The zero-order chi connectivity index (χ0) is 14.7. The maximum Gasteiger partial charge on any atom is 0.263 e. The average Bonchev–Trinajstić information content (AvgIpc) is 2.96. The number of nitrogens with one attached hydrogen (secondary N) is 1. The van der Waals surface area contributed by atoms with Crippen molar-refractivity contribution in [2.45, 2.75) is 25.0 Å². The van der Waals surface area contributed by atoms with Gasteiger partial charge >= 0.3 is 0 Å². The summed E-state index contributed by atoms with van der Waals surface area (Å²) in [6.07, 6.45) is 1.73. The van der Waals surface area contributed by atoms with Crippen molar-refractivity contribution in [3.8, 4) is 0 Å². The van der Waals surface area contributed by atoms with E-state index in [0.717, 1.165) is 50.4 Å². The number of amides is 1. The Labute approximate surface area is 129 Å². The summed E-state index contributed by atoms with van der Waals surface area (Å²) in [5.74, 6) is 0.168. The number of aliphatic hydroxyl groups excluding tert-OH is 1. The first-order valence-electron chi connectivity index (χ1n) is 7.69. The normalized spacial score (nSPS) is 25.8. The quantitative estimate of drug-likeness (QED) is 0.841. The number of thiophene rings is 1. The zero-order valence-corrected chi connectivity index (χ0v) is 13.0. The van der Waals surface area contributed by atoms with Crippen LogP contribution in [0, 0.1) is 0 Å². The van der Waals surface area contributed by atoms with Gasteiger partial charge in [-0.1, -0.05) is 6.07 Å². The molecule has 2 aliphatic heterocycles. The van der Waals surface area contributed by atoms with E-state index in [0.29, 0.717) is 12.6 Å². The van der Waals surface area contributed by atoms with Crippen molar-refractivity contribution in [1.29, 1.82) is 0 Å². The van der Waals surface area contributed by atoms with Crippen LogP contribution < -0.4 is 5.32 Å². The molecule has 2 N–H and O–H groups in total. The van der Waals surface area contributed by atoms with Crippen LogP contribution in [0.1, 0.15) is 22.5 Å². The van der Waals surface area contributed by atoms with Gasteiger partial charge in [0, 0.05) is 45.3 Å². The summed E-state index contributed by atoms with van der Waals surface area (Å²) in [4.78, 5) is 17.5. The molecule has 5 nitrogen and oxygen atoms in total. The summed E-state index contributed by atoms with van der Waals surface area (Å²) in [7, 11) is 0. The molecule has 2 aliphatic rings. The summed E-state index contributed by atoms with van der Waals surface area (Å²) in [6.45, 7) is 5.00. The first-order chi connectivity index (χ1) is 10.2. The summed E-state index contributed by atoms with van der Waals surface area (Å²) >= 11 is 1.51. The van der Waals surface area contributed by atoms with Gasteiger partial charge in [-0.2, -0.15) is 0 Å². The second-order valence-corrected chi connectivity index (χ2v) is 6.80. The fourth-order valence-corrected chi connectivity index (χ4v) is 3.93. The van der Waals surface area contributed by atoms with E-state index >= 15 is 0 Å². The molecule has 2 fully saturated rings. The van der Waals surface area contributed by atoms with Gasteiger partial charge in [0.25, 0.3) is 5.91 Å². The van der Waals surface area contributed by atoms with Crippen LogP contribution in [0.4, 0.5) is 0 Å². The molecule has 0 unspecified atom stereocenters. The van der Waals surface area contributed by atoms with Crippen molar-refractivity contribution >= 4 is 17.2 Å². The van der Waals surface area contributed by atoms with Crippen LogP contribution in [0.2, 0.25) is 0 Å². The number of carbonyl (C=O) groups is 1. The number of aliphatic hydroxyl groups is 1. The Balaban J connectivity index is 1.54. The third-order valence-corrected chi connectivity index (χ3v) is 5.26. The molecule has 6 heteroatoms. The molecule has 0 aromatic carbocycles. The van der Waals surface area contributed by atoms with E-state index < -0.39 is 0 Å². The van der Waals surface area contributed by atoms with Crippen LogP contribution >= 0.6 is 11.3 Å². The molecule has 1 amide bonds. The molecule has 21 heavy (non-hydrogen) atoms. The second-order valence-electron chi connectivity index (χ2n) is 5.85. The Morgan fingerprint density at radius 1 is 1.33 bits per heavy atom. The minimum absolute atomic E-state index is 0.168. The average molecular weight is 309 g/mol. The van der Waals surface area contributed by atoms with Crippen LogP contribution in [0.15, 0.2) is 17.5 Å². The van der Waals surface area contributed by atoms with E-state index in [-0.39, 0.29) is 12.0 Å². The molecule has 0 saturated carbocycles. The predicted octanol–water partition coefficient (Wildman–Crippen LogP) is 0.619. The summed E-state index contributed by atoms with van der Waals surface area (Å²) in [5, 5.41) is 15.1. The maximum atomic E-state index is 12.3. The molecular weight excluding hydrogens is 286 g/mol. The van der Waals surface area contributed by atoms with Gasteiger partial charge in [0.15, 0.2) is 0 Å². The highest BCUT2D eigenvalue weighted by atomic mass is 32.1. The van der Waals surface area contributed by atoms with Crippen LogP contribution in [0.5, 0.6) is 0 Å². The minimum atomic E-state index is -0.279.